The monoisotopic (exact) mass is 608 g/mol. The molecule has 2 rings (SSSR count). The van der Waals surface area contributed by atoms with Gasteiger partial charge < -0.3 is 28.4 Å². The maximum Gasteiger partial charge on any atom is 0.338 e. The van der Waals surface area contributed by atoms with E-state index in [0.717, 1.165) is 0 Å². The van der Waals surface area contributed by atoms with Crippen molar-refractivity contribution in [3.63, 3.8) is 0 Å². The number of benzene rings is 2. The molecule has 2 aromatic rings. The second-order valence-electron chi connectivity index (χ2n) is 9.65. The molecule has 0 atom stereocenters. The summed E-state index contributed by atoms with van der Waals surface area (Å²) in [5.41, 5.74) is 1.79. The van der Waals surface area contributed by atoms with E-state index in [0.29, 0.717) is 11.1 Å². The molecule has 0 aliphatic carbocycles. The highest BCUT2D eigenvalue weighted by Gasteiger charge is 2.18. The van der Waals surface area contributed by atoms with Gasteiger partial charge in [0.1, 0.15) is 0 Å². The third-order valence-corrected chi connectivity index (χ3v) is 5.66. The molecule has 0 bridgehead atoms. The Morgan fingerprint density at radius 2 is 1.02 bits per heavy atom. The van der Waals surface area contributed by atoms with Gasteiger partial charge in [-0.05, 0) is 62.2 Å². The molecule has 0 unspecified atom stereocenters. The molecule has 0 amide bonds. The second kappa shape index (κ2) is 17.1. The summed E-state index contributed by atoms with van der Waals surface area (Å²) in [6.07, 6.45) is 0.494. The first kappa shape index (κ1) is 35.0. The Bertz CT molecular complexity index is 1390. The fourth-order valence-corrected chi connectivity index (χ4v) is 3.34. The molecule has 0 spiro atoms. The van der Waals surface area contributed by atoms with Crippen molar-refractivity contribution in [2.24, 2.45) is 0 Å². The first-order chi connectivity index (χ1) is 20.8. The van der Waals surface area contributed by atoms with Crippen LogP contribution in [0, 0.1) is 0 Å². The molecule has 11 nitrogen and oxygen atoms in total. The summed E-state index contributed by atoms with van der Waals surface area (Å²) >= 11 is 0. The van der Waals surface area contributed by atoms with E-state index in [-0.39, 0.29) is 78.6 Å². The molecule has 0 aliphatic heterocycles. The molecule has 0 saturated heterocycles. The van der Waals surface area contributed by atoms with Crippen molar-refractivity contribution >= 4 is 29.8 Å². The van der Waals surface area contributed by atoms with Gasteiger partial charge in [0.05, 0.1) is 44.7 Å². The molecule has 44 heavy (non-hydrogen) atoms. The smallest absolute Gasteiger partial charge is 0.338 e. The van der Waals surface area contributed by atoms with Crippen molar-refractivity contribution in [3.05, 3.63) is 84.0 Å². The third-order valence-electron chi connectivity index (χ3n) is 5.66. The Labute approximate surface area is 256 Å². The van der Waals surface area contributed by atoms with Crippen LogP contribution in [0.1, 0.15) is 54.3 Å². The molecule has 0 radical (unpaired) electrons. The van der Waals surface area contributed by atoms with Gasteiger partial charge in [0, 0.05) is 29.6 Å². The lowest BCUT2D eigenvalue weighted by atomic mass is 9.99. The minimum absolute atomic E-state index is 0.0281. The highest BCUT2D eigenvalue weighted by Crippen LogP contribution is 2.34. The highest BCUT2D eigenvalue weighted by atomic mass is 16.6. The fraction of sp³-hybridized carbons (Fsp3) is 0.303. The van der Waals surface area contributed by atoms with Crippen LogP contribution >= 0.6 is 0 Å². The number of methoxy groups -OCH3 is 1. The van der Waals surface area contributed by atoms with Crippen LogP contribution in [0.25, 0.3) is 11.1 Å². The Morgan fingerprint density at radius 3 is 1.45 bits per heavy atom. The first-order valence-electron chi connectivity index (χ1n) is 13.5. The standard InChI is InChI=1S/C33H36O11/c1-20(2)29(34)40-12-8-14-42-32(37)25-16-24(23-10-11-27(28(19-23)39-7)44-31(36)22(5)6)17-26(18-25)33(38)43-15-9-13-41-30(35)21(3)4/h10-11,16-19H,1,3,5,8-9,12-15H2,2,4,6-7H3. The van der Waals surface area contributed by atoms with E-state index in [2.05, 4.69) is 19.7 Å². The van der Waals surface area contributed by atoms with Gasteiger partial charge >= 0.3 is 29.8 Å². The zero-order valence-electron chi connectivity index (χ0n) is 25.3. The molecule has 0 heterocycles. The lowest BCUT2D eigenvalue weighted by molar-refractivity contribution is -0.140. The van der Waals surface area contributed by atoms with Crippen LogP contribution in [0.15, 0.2) is 72.9 Å². The Kier molecular flexibility index (Phi) is 13.6. The van der Waals surface area contributed by atoms with E-state index in [9.17, 15) is 24.0 Å². The van der Waals surface area contributed by atoms with Crippen LogP contribution in [0.3, 0.4) is 0 Å². The second-order valence-corrected chi connectivity index (χ2v) is 9.65. The van der Waals surface area contributed by atoms with Gasteiger partial charge in [-0.2, -0.15) is 0 Å². The molecule has 0 aliphatic rings. The van der Waals surface area contributed by atoms with E-state index in [4.69, 9.17) is 28.4 Å². The normalized spacial score (nSPS) is 10.2. The third kappa shape index (κ3) is 10.9. The molecule has 0 aromatic heterocycles. The average molecular weight is 609 g/mol. The lowest BCUT2D eigenvalue weighted by Gasteiger charge is -2.13. The average Bonchev–Trinajstić information content (AvgIpc) is 2.99. The Hall–Kier alpha value is -5.19. The van der Waals surface area contributed by atoms with Gasteiger partial charge in [-0.25, -0.2) is 24.0 Å². The number of hydrogen-bond donors (Lipinski definition) is 0. The summed E-state index contributed by atoms with van der Waals surface area (Å²) in [4.78, 5) is 60.9. The topological polar surface area (TPSA) is 141 Å². The number of hydrogen-bond acceptors (Lipinski definition) is 11. The molecule has 234 valence electrons. The van der Waals surface area contributed by atoms with E-state index >= 15 is 0 Å². The predicted molar refractivity (Wildman–Crippen MR) is 160 cm³/mol. The van der Waals surface area contributed by atoms with Gasteiger partial charge in [-0.1, -0.05) is 25.8 Å². The lowest BCUT2D eigenvalue weighted by Crippen LogP contribution is -2.13. The maximum absolute atomic E-state index is 12.9. The van der Waals surface area contributed by atoms with Crippen LogP contribution < -0.4 is 9.47 Å². The molecule has 2 aromatic carbocycles. The largest absolute Gasteiger partial charge is 0.493 e. The van der Waals surface area contributed by atoms with Gasteiger partial charge in [0.25, 0.3) is 0 Å². The molecular formula is C33H36O11. The SMILES string of the molecule is C=C(C)C(=O)OCCCOC(=O)c1cc(C(=O)OCCCOC(=O)C(=C)C)cc(-c2ccc(OC(=O)C(=C)C)c(OC)c2)c1. The molecule has 0 fully saturated rings. The Morgan fingerprint density at radius 1 is 0.568 bits per heavy atom. The summed E-state index contributed by atoms with van der Waals surface area (Å²) in [5.74, 6) is -2.79. The molecule has 0 N–H and O–H groups in total. The van der Waals surface area contributed by atoms with Crippen LogP contribution in [0.5, 0.6) is 11.5 Å². The quantitative estimate of drug-likeness (QED) is 0.0819. The van der Waals surface area contributed by atoms with Crippen molar-refractivity contribution in [2.45, 2.75) is 33.6 Å². The molecule has 11 heteroatoms. The van der Waals surface area contributed by atoms with Crippen molar-refractivity contribution in [1.82, 2.24) is 0 Å². The van der Waals surface area contributed by atoms with Crippen molar-refractivity contribution < 1.29 is 52.4 Å². The minimum Gasteiger partial charge on any atom is -0.493 e. The van der Waals surface area contributed by atoms with Gasteiger partial charge in [-0.3, -0.25) is 0 Å². The number of carbonyl (C=O) groups excluding carboxylic acids is 5. The van der Waals surface area contributed by atoms with Crippen LogP contribution in [0.2, 0.25) is 0 Å². The van der Waals surface area contributed by atoms with E-state index < -0.39 is 29.8 Å². The van der Waals surface area contributed by atoms with Gasteiger partial charge in [0.15, 0.2) is 11.5 Å². The van der Waals surface area contributed by atoms with Crippen molar-refractivity contribution in [1.29, 1.82) is 0 Å². The predicted octanol–water partition coefficient (Wildman–Crippen LogP) is 5.18. The minimum atomic E-state index is -0.724. The molecule has 0 saturated carbocycles. The van der Waals surface area contributed by atoms with Crippen LogP contribution in [-0.4, -0.2) is 63.4 Å². The zero-order chi connectivity index (χ0) is 32.8. The van der Waals surface area contributed by atoms with Crippen molar-refractivity contribution in [2.75, 3.05) is 33.5 Å². The van der Waals surface area contributed by atoms with E-state index in [1.165, 1.54) is 52.1 Å². The number of esters is 5. The first-order valence-corrected chi connectivity index (χ1v) is 13.5. The summed E-state index contributed by atoms with van der Waals surface area (Å²) < 4.78 is 31.4. The summed E-state index contributed by atoms with van der Waals surface area (Å²) in [6, 6.07) is 9.08. The van der Waals surface area contributed by atoms with Gasteiger partial charge in [0.2, 0.25) is 0 Å². The summed E-state index contributed by atoms with van der Waals surface area (Å²) in [6.45, 7) is 15.1. The zero-order valence-corrected chi connectivity index (χ0v) is 25.3. The Balaban J connectivity index is 2.27. The van der Waals surface area contributed by atoms with Crippen LogP contribution in [0.4, 0.5) is 0 Å². The number of ether oxygens (including phenoxy) is 6. The fourth-order valence-electron chi connectivity index (χ4n) is 3.34. The highest BCUT2D eigenvalue weighted by molar-refractivity contribution is 5.98. The van der Waals surface area contributed by atoms with Crippen molar-refractivity contribution in [3.8, 4) is 22.6 Å². The van der Waals surface area contributed by atoms with Crippen LogP contribution in [-0.2, 0) is 33.3 Å². The van der Waals surface area contributed by atoms with Gasteiger partial charge in [-0.15, -0.1) is 0 Å². The molecular weight excluding hydrogens is 572 g/mol. The maximum atomic E-state index is 12.9. The number of rotatable bonds is 16. The summed E-state index contributed by atoms with van der Waals surface area (Å²) in [5, 5.41) is 0. The summed E-state index contributed by atoms with van der Waals surface area (Å²) in [7, 11) is 1.40. The van der Waals surface area contributed by atoms with E-state index in [1.54, 1.807) is 12.1 Å². The number of carbonyl (C=O) groups is 5. The van der Waals surface area contributed by atoms with E-state index in [1.807, 2.05) is 0 Å².